The monoisotopic (exact) mass is 345 g/mol. The molecular weight excluding hydrogens is 326 g/mol. The van der Waals surface area contributed by atoms with E-state index in [9.17, 15) is 9.59 Å². The smallest absolute Gasteiger partial charge is 0.246 e. The third-order valence-electron chi connectivity index (χ3n) is 3.92. The third-order valence-corrected chi connectivity index (χ3v) is 4.61. The predicted molar refractivity (Wildman–Crippen MR) is 92.5 cm³/mol. The average Bonchev–Trinajstić information content (AvgIpc) is 3.24. The summed E-state index contributed by atoms with van der Waals surface area (Å²) in [5.41, 5.74) is 0. The van der Waals surface area contributed by atoms with E-state index in [1.54, 1.807) is 17.2 Å². The molecule has 6 nitrogen and oxygen atoms in total. The first-order chi connectivity index (χ1) is 11.6. The number of aryl methyl sites for hydroxylation is 1. The van der Waals surface area contributed by atoms with Gasteiger partial charge in [-0.3, -0.25) is 9.59 Å². The van der Waals surface area contributed by atoms with Crippen molar-refractivity contribution in [3.8, 4) is 0 Å². The number of piperidine rings is 1. The number of nitrogens with zero attached hydrogens (tertiary/aromatic N) is 2. The zero-order valence-corrected chi connectivity index (χ0v) is 14.2. The van der Waals surface area contributed by atoms with Crippen molar-refractivity contribution in [1.29, 1.82) is 0 Å². The zero-order valence-electron chi connectivity index (χ0n) is 13.4. The Hall–Kier alpha value is -2.41. The van der Waals surface area contributed by atoms with Crippen LogP contribution in [0.15, 0.2) is 34.2 Å². The molecule has 1 aliphatic heterocycles. The standard InChI is InChI=1S/C17H19N3O3S/c1-12-4-5-14(23-12)6-7-15(21)20-9-2-3-13(11-20)16(22)19-17-18-8-10-24-17/h4-8,10,13H,2-3,9,11H2,1H3,(H,18,19,22)/b7-6-/t13-/m0/s1. The van der Waals surface area contributed by atoms with Crippen LogP contribution in [0.3, 0.4) is 0 Å². The van der Waals surface area contributed by atoms with Crippen LogP contribution < -0.4 is 5.32 Å². The minimum Gasteiger partial charge on any atom is -0.462 e. The first kappa shape index (κ1) is 16.4. The summed E-state index contributed by atoms with van der Waals surface area (Å²) in [7, 11) is 0. The Morgan fingerprint density at radius 3 is 3.04 bits per heavy atom. The van der Waals surface area contributed by atoms with Crippen molar-refractivity contribution in [2.24, 2.45) is 5.92 Å². The number of nitrogens with one attached hydrogen (secondary N) is 1. The van der Waals surface area contributed by atoms with E-state index in [-0.39, 0.29) is 17.7 Å². The van der Waals surface area contributed by atoms with E-state index in [0.717, 1.165) is 18.6 Å². The van der Waals surface area contributed by atoms with E-state index in [1.807, 2.05) is 24.4 Å². The van der Waals surface area contributed by atoms with Crippen molar-refractivity contribution < 1.29 is 14.0 Å². The molecule has 2 aromatic rings. The third kappa shape index (κ3) is 4.11. The summed E-state index contributed by atoms with van der Waals surface area (Å²) >= 11 is 1.38. The molecule has 0 spiro atoms. The second-order valence-corrected chi connectivity index (χ2v) is 6.63. The molecule has 7 heteroatoms. The molecule has 3 rings (SSSR count). The van der Waals surface area contributed by atoms with Crippen LogP contribution in [0.1, 0.15) is 24.4 Å². The molecule has 2 aromatic heterocycles. The van der Waals surface area contributed by atoms with Crippen LogP contribution in [0.4, 0.5) is 5.13 Å². The molecule has 126 valence electrons. The fourth-order valence-electron chi connectivity index (χ4n) is 2.69. The van der Waals surface area contributed by atoms with Gasteiger partial charge in [0.05, 0.1) is 5.92 Å². The first-order valence-corrected chi connectivity index (χ1v) is 8.73. The van der Waals surface area contributed by atoms with Crippen LogP contribution in [0.5, 0.6) is 0 Å². The van der Waals surface area contributed by atoms with Gasteiger partial charge in [-0.2, -0.15) is 0 Å². The van der Waals surface area contributed by atoms with Gasteiger partial charge in [0, 0.05) is 30.7 Å². The maximum atomic E-state index is 12.3. The van der Waals surface area contributed by atoms with Gasteiger partial charge in [-0.1, -0.05) is 0 Å². The van der Waals surface area contributed by atoms with Crippen LogP contribution in [-0.2, 0) is 9.59 Å². The number of anilines is 1. The lowest BCUT2D eigenvalue weighted by Gasteiger charge is -2.31. The molecule has 1 fully saturated rings. The molecule has 2 amide bonds. The van der Waals surface area contributed by atoms with Crippen LogP contribution in [0.25, 0.3) is 6.08 Å². The molecule has 0 aliphatic carbocycles. The minimum absolute atomic E-state index is 0.0758. The van der Waals surface area contributed by atoms with Gasteiger partial charge in [-0.15, -0.1) is 11.3 Å². The Morgan fingerprint density at radius 2 is 2.33 bits per heavy atom. The highest BCUT2D eigenvalue weighted by molar-refractivity contribution is 7.13. The Morgan fingerprint density at radius 1 is 1.46 bits per heavy atom. The van der Waals surface area contributed by atoms with Gasteiger partial charge < -0.3 is 14.6 Å². The zero-order chi connectivity index (χ0) is 16.9. The highest BCUT2D eigenvalue weighted by atomic mass is 32.1. The number of aromatic nitrogens is 1. The summed E-state index contributed by atoms with van der Waals surface area (Å²) in [6.45, 7) is 2.95. The molecule has 0 bridgehead atoms. The average molecular weight is 345 g/mol. The second kappa shape index (κ2) is 7.44. The lowest BCUT2D eigenvalue weighted by molar-refractivity contribution is -0.130. The topological polar surface area (TPSA) is 75.4 Å². The predicted octanol–water partition coefficient (Wildman–Crippen LogP) is 2.94. The number of carbonyl (C=O) groups excluding carboxylic acids is 2. The molecule has 1 aliphatic rings. The fraction of sp³-hybridized carbons (Fsp3) is 0.353. The van der Waals surface area contributed by atoms with Gasteiger partial charge in [0.15, 0.2) is 5.13 Å². The van der Waals surface area contributed by atoms with E-state index in [0.29, 0.717) is 24.0 Å². The van der Waals surface area contributed by atoms with Crippen molar-refractivity contribution in [2.75, 3.05) is 18.4 Å². The number of carbonyl (C=O) groups is 2. The molecular formula is C17H19N3O3S. The molecule has 1 saturated heterocycles. The van der Waals surface area contributed by atoms with E-state index in [4.69, 9.17) is 4.42 Å². The Kier molecular flexibility index (Phi) is 5.10. The molecule has 1 atom stereocenters. The highest BCUT2D eigenvalue weighted by Crippen LogP contribution is 2.20. The summed E-state index contributed by atoms with van der Waals surface area (Å²) in [5, 5.41) is 5.22. The number of hydrogen-bond donors (Lipinski definition) is 1. The number of amides is 2. The molecule has 3 heterocycles. The molecule has 1 N–H and O–H groups in total. The van der Waals surface area contributed by atoms with Gasteiger partial charge in [0.1, 0.15) is 11.5 Å². The summed E-state index contributed by atoms with van der Waals surface area (Å²) < 4.78 is 5.41. The molecule has 24 heavy (non-hydrogen) atoms. The Labute approximate surface area is 144 Å². The number of likely N-dealkylation sites (tertiary alicyclic amines) is 1. The summed E-state index contributed by atoms with van der Waals surface area (Å²) in [6.07, 6.45) is 6.41. The van der Waals surface area contributed by atoms with Gasteiger partial charge in [0.2, 0.25) is 11.8 Å². The molecule has 0 aromatic carbocycles. The lowest BCUT2D eigenvalue weighted by Crippen LogP contribution is -2.43. The molecule has 0 saturated carbocycles. The second-order valence-electron chi connectivity index (χ2n) is 5.73. The quantitative estimate of drug-likeness (QED) is 0.865. The van der Waals surface area contributed by atoms with Gasteiger partial charge in [-0.05, 0) is 38.0 Å². The summed E-state index contributed by atoms with van der Waals surface area (Å²) in [5.74, 6) is 1.07. The van der Waals surface area contributed by atoms with Crippen LogP contribution in [0.2, 0.25) is 0 Å². The summed E-state index contributed by atoms with van der Waals surface area (Å²) in [4.78, 5) is 30.4. The van der Waals surface area contributed by atoms with E-state index in [1.165, 1.54) is 17.4 Å². The van der Waals surface area contributed by atoms with Crippen LogP contribution >= 0.6 is 11.3 Å². The summed E-state index contributed by atoms with van der Waals surface area (Å²) in [6, 6.07) is 3.67. The van der Waals surface area contributed by atoms with Crippen molar-refractivity contribution in [2.45, 2.75) is 19.8 Å². The normalized spacial score (nSPS) is 18.0. The number of thiazole rings is 1. The Bertz CT molecular complexity index is 736. The van der Waals surface area contributed by atoms with Gasteiger partial charge in [-0.25, -0.2) is 4.98 Å². The molecule has 0 radical (unpaired) electrons. The minimum atomic E-state index is -0.203. The van der Waals surface area contributed by atoms with E-state index < -0.39 is 0 Å². The van der Waals surface area contributed by atoms with Crippen molar-refractivity contribution in [1.82, 2.24) is 9.88 Å². The SMILES string of the molecule is Cc1ccc(/C=C\C(=O)N2CCC[C@H](C(=O)Nc3nccs3)C2)o1. The Balaban J connectivity index is 1.57. The maximum absolute atomic E-state index is 12.3. The van der Waals surface area contributed by atoms with Gasteiger partial charge in [0.25, 0.3) is 0 Å². The van der Waals surface area contributed by atoms with E-state index >= 15 is 0 Å². The van der Waals surface area contributed by atoms with Crippen LogP contribution in [-0.4, -0.2) is 34.8 Å². The van der Waals surface area contributed by atoms with Crippen molar-refractivity contribution in [3.05, 3.63) is 41.3 Å². The van der Waals surface area contributed by atoms with Crippen LogP contribution in [0, 0.1) is 12.8 Å². The largest absolute Gasteiger partial charge is 0.462 e. The first-order valence-electron chi connectivity index (χ1n) is 7.85. The van der Waals surface area contributed by atoms with E-state index in [2.05, 4.69) is 10.3 Å². The van der Waals surface area contributed by atoms with Gasteiger partial charge >= 0.3 is 0 Å². The van der Waals surface area contributed by atoms with Crippen molar-refractivity contribution in [3.63, 3.8) is 0 Å². The lowest BCUT2D eigenvalue weighted by atomic mass is 9.97. The number of hydrogen-bond acceptors (Lipinski definition) is 5. The number of rotatable bonds is 4. The van der Waals surface area contributed by atoms with Crippen molar-refractivity contribution >= 4 is 34.4 Å². The maximum Gasteiger partial charge on any atom is 0.246 e. The fourth-order valence-corrected chi connectivity index (χ4v) is 3.22. The highest BCUT2D eigenvalue weighted by Gasteiger charge is 2.28. The number of furan rings is 1. The molecule has 0 unspecified atom stereocenters.